The van der Waals surface area contributed by atoms with Crippen LogP contribution in [0.4, 0.5) is 13.2 Å². The quantitative estimate of drug-likeness (QED) is 0.120. The molecule has 0 aliphatic heterocycles. The summed E-state index contributed by atoms with van der Waals surface area (Å²) in [6.45, 7) is 2.98. The third-order valence-corrected chi connectivity index (χ3v) is 6.04. The van der Waals surface area contributed by atoms with Gasteiger partial charge in [0, 0.05) is 24.6 Å². The number of unbranched alkanes of at least 4 members (excludes halogenated alkanes) is 4. The molecule has 0 saturated carbocycles. The molecule has 1 atom stereocenters. The normalized spacial score (nSPS) is 12.1. The Balaban J connectivity index is 1.54. The largest absolute Gasteiger partial charge is 0.447 e. The molecule has 0 saturated heterocycles. The van der Waals surface area contributed by atoms with Gasteiger partial charge in [0.1, 0.15) is 5.75 Å². The summed E-state index contributed by atoms with van der Waals surface area (Å²) in [5.41, 5.74) is 1.98. The number of carbonyl (C=O) groups is 2. The topological polar surface area (TPSA) is 87.6 Å². The smallest absolute Gasteiger partial charge is 0.427 e. The molecule has 0 fully saturated rings. The molecule has 0 aliphatic carbocycles. The minimum absolute atomic E-state index is 0.0487. The molecular weight excluding hydrogens is 525 g/mol. The number of hydrogen-bond acceptors (Lipinski definition) is 7. The monoisotopic (exact) mass is 558 g/mol. The minimum atomic E-state index is -4.76. The van der Waals surface area contributed by atoms with Gasteiger partial charge < -0.3 is 14.2 Å². The number of ether oxygens (including phenoxy) is 3. The number of alkyl halides is 3. The summed E-state index contributed by atoms with van der Waals surface area (Å²) >= 11 is 0. The van der Waals surface area contributed by atoms with Crippen LogP contribution in [-0.2, 0) is 15.9 Å². The first kappa shape index (κ1) is 30.7. The Morgan fingerprint density at radius 2 is 1.43 bits per heavy atom. The van der Waals surface area contributed by atoms with Gasteiger partial charge in [0.2, 0.25) is 6.10 Å². The van der Waals surface area contributed by atoms with Crippen molar-refractivity contribution in [1.82, 2.24) is 9.97 Å². The molecule has 2 aromatic carbocycles. The van der Waals surface area contributed by atoms with Crippen LogP contribution in [0.3, 0.4) is 0 Å². The number of halogens is 3. The lowest BCUT2D eigenvalue weighted by atomic mass is 10.1. The van der Waals surface area contributed by atoms with Crippen molar-refractivity contribution in [3.05, 3.63) is 77.6 Å². The number of aryl methyl sites for hydroxylation is 1. The first-order valence-corrected chi connectivity index (χ1v) is 13.3. The highest BCUT2D eigenvalue weighted by Crippen LogP contribution is 2.25. The zero-order valence-corrected chi connectivity index (χ0v) is 22.6. The molecular formula is C30H33F3N2O5. The van der Waals surface area contributed by atoms with Gasteiger partial charge in [-0.05, 0) is 61.7 Å². The Morgan fingerprint density at radius 3 is 2.02 bits per heavy atom. The van der Waals surface area contributed by atoms with Crippen molar-refractivity contribution >= 4 is 11.9 Å². The summed E-state index contributed by atoms with van der Waals surface area (Å²) in [5, 5.41) is 0. The molecule has 1 unspecified atom stereocenters. The van der Waals surface area contributed by atoms with Gasteiger partial charge in [-0.25, -0.2) is 19.6 Å². The van der Waals surface area contributed by atoms with Crippen molar-refractivity contribution in [3.63, 3.8) is 0 Å². The van der Waals surface area contributed by atoms with E-state index < -0.39 is 30.8 Å². The Kier molecular flexibility index (Phi) is 11.6. The highest BCUT2D eigenvalue weighted by molar-refractivity contribution is 5.92. The molecule has 7 nitrogen and oxygen atoms in total. The first-order valence-electron chi connectivity index (χ1n) is 13.3. The third kappa shape index (κ3) is 9.44. The summed E-state index contributed by atoms with van der Waals surface area (Å²) in [5.74, 6) is -1.15. The molecule has 1 heterocycles. The molecule has 0 bridgehead atoms. The highest BCUT2D eigenvalue weighted by Gasteiger charge is 2.43. The van der Waals surface area contributed by atoms with Gasteiger partial charge in [-0.15, -0.1) is 0 Å². The van der Waals surface area contributed by atoms with Crippen LogP contribution >= 0.6 is 0 Å². The summed E-state index contributed by atoms with van der Waals surface area (Å²) < 4.78 is 53.9. The zero-order chi connectivity index (χ0) is 29.0. The minimum Gasteiger partial charge on any atom is -0.447 e. The zero-order valence-electron chi connectivity index (χ0n) is 22.6. The Bertz CT molecular complexity index is 1210. The molecule has 0 amide bonds. The van der Waals surface area contributed by atoms with Crippen molar-refractivity contribution in [3.8, 4) is 17.1 Å². The van der Waals surface area contributed by atoms with Crippen molar-refractivity contribution in [1.29, 1.82) is 0 Å². The van der Waals surface area contributed by atoms with Crippen LogP contribution in [0.25, 0.3) is 11.4 Å². The van der Waals surface area contributed by atoms with Crippen molar-refractivity contribution in [2.45, 2.75) is 64.7 Å². The fourth-order valence-corrected chi connectivity index (χ4v) is 3.76. The first-order chi connectivity index (χ1) is 19.2. The average Bonchev–Trinajstić information content (AvgIpc) is 2.95. The summed E-state index contributed by atoms with van der Waals surface area (Å²) in [6.07, 6.45) is 3.46. The summed E-state index contributed by atoms with van der Waals surface area (Å²) in [7, 11) is 0. The molecule has 0 N–H and O–H groups in total. The number of benzene rings is 2. The van der Waals surface area contributed by atoms with E-state index in [2.05, 4.69) is 21.6 Å². The standard InChI is InChI=1S/C30H33F3N2O5/c1-3-5-6-7-8-9-21-18-34-27(35-19-21)22-10-12-23(13-11-22)28(36)39-25-16-14-24(15-17-25)29(37)40-26(20-38-4-2)30(31,32)33/h10-19,26H,3-9,20H2,1-2H3. The van der Waals surface area contributed by atoms with Crippen molar-refractivity contribution < 1.29 is 37.0 Å². The van der Waals surface area contributed by atoms with Gasteiger partial charge in [0.15, 0.2) is 5.82 Å². The molecule has 40 heavy (non-hydrogen) atoms. The van der Waals surface area contributed by atoms with E-state index in [1.807, 2.05) is 12.4 Å². The molecule has 0 aliphatic rings. The van der Waals surface area contributed by atoms with Gasteiger partial charge in [-0.2, -0.15) is 13.2 Å². The molecule has 0 radical (unpaired) electrons. The number of nitrogens with zero attached hydrogens (tertiary/aromatic N) is 2. The fourth-order valence-electron chi connectivity index (χ4n) is 3.76. The Hall–Kier alpha value is -3.79. The van der Waals surface area contributed by atoms with Gasteiger partial charge >= 0.3 is 18.1 Å². The Morgan fingerprint density at radius 1 is 0.825 bits per heavy atom. The number of hydrogen-bond donors (Lipinski definition) is 0. The SMILES string of the molecule is CCCCCCCc1cnc(-c2ccc(C(=O)Oc3ccc(C(=O)OC(COCC)C(F)(F)F)cc3)cc2)nc1. The number of carbonyl (C=O) groups excluding carboxylic acids is 2. The molecule has 3 aromatic rings. The van der Waals surface area contributed by atoms with Crippen LogP contribution < -0.4 is 4.74 Å². The lowest BCUT2D eigenvalue weighted by Gasteiger charge is -2.20. The molecule has 214 valence electrons. The van der Waals surface area contributed by atoms with Crippen LogP contribution in [0.15, 0.2) is 60.9 Å². The second kappa shape index (κ2) is 15.1. The van der Waals surface area contributed by atoms with Crippen LogP contribution in [0, 0.1) is 0 Å². The molecule has 1 aromatic heterocycles. The average molecular weight is 559 g/mol. The number of rotatable bonds is 14. The third-order valence-electron chi connectivity index (χ3n) is 6.04. The van der Waals surface area contributed by atoms with E-state index in [0.717, 1.165) is 24.0 Å². The van der Waals surface area contributed by atoms with E-state index in [1.54, 1.807) is 24.3 Å². The van der Waals surface area contributed by atoms with Crippen molar-refractivity contribution in [2.75, 3.05) is 13.2 Å². The fraction of sp³-hybridized carbons (Fsp3) is 0.400. The second-order valence-electron chi connectivity index (χ2n) is 9.17. The van der Waals surface area contributed by atoms with Crippen LogP contribution in [-0.4, -0.2) is 47.4 Å². The van der Waals surface area contributed by atoms with E-state index in [1.165, 1.54) is 56.9 Å². The van der Waals surface area contributed by atoms with E-state index in [4.69, 9.17) is 9.47 Å². The van der Waals surface area contributed by atoms with Gasteiger partial charge in [0.25, 0.3) is 0 Å². The predicted molar refractivity (Wildman–Crippen MR) is 143 cm³/mol. The summed E-state index contributed by atoms with van der Waals surface area (Å²) in [4.78, 5) is 33.6. The lowest BCUT2D eigenvalue weighted by Crippen LogP contribution is -2.37. The van der Waals surface area contributed by atoms with E-state index >= 15 is 0 Å². The van der Waals surface area contributed by atoms with Crippen LogP contribution in [0.1, 0.15) is 72.2 Å². The highest BCUT2D eigenvalue weighted by atomic mass is 19.4. The second-order valence-corrected chi connectivity index (χ2v) is 9.17. The van der Waals surface area contributed by atoms with Gasteiger partial charge in [0.05, 0.1) is 17.7 Å². The predicted octanol–water partition coefficient (Wildman–Crippen LogP) is 7.00. The van der Waals surface area contributed by atoms with Crippen LogP contribution in [0.5, 0.6) is 5.75 Å². The van der Waals surface area contributed by atoms with Crippen molar-refractivity contribution in [2.24, 2.45) is 0 Å². The molecule has 3 rings (SSSR count). The lowest BCUT2D eigenvalue weighted by molar-refractivity contribution is -0.217. The number of esters is 2. The maximum atomic E-state index is 13.1. The van der Waals surface area contributed by atoms with E-state index in [0.29, 0.717) is 5.82 Å². The molecule has 10 heteroatoms. The van der Waals surface area contributed by atoms with Gasteiger partial charge in [-0.1, -0.05) is 44.7 Å². The molecule has 0 spiro atoms. The van der Waals surface area contributed by atoms with Crippen LogP contribution in [0.2, 0.25) is 0 Å². The van der Waals surface area contributed by atoms with E-state index in [-0.39, 0.29) is 23.5 Å². The number of aromatic nitrogens is 2. The Labute approximate surface area is 231 Å². The maximum absolute atomic E-state index is 13.1. The van der Waals surface area contributed by atoms with E-state index in [9.17, 15) is 22.8 Å². The summed E-state index contributed by atoms with van der Waals surface area (Å²) in [6, 6.07) is 11.6. The maximum Gasteiger partial charge on any atom is 0.427 e. The van der Waals surface area contributed by atoms with Gasteiger partial charge in [-0.3, -0.25) is 0 Å².